The van der Waals surface area contributed by atoms with Crippen LogP contribution < -0.4 is 10.6 Å². The van der Waals surface area contributed by atoms with Gasteiger partial charge in [-0.1, -0.05) is 35.3 Å². The van der Waals surface area contributed by atoms with E-state index in [4.69, 9.17) is 27.9 Å². The molecule has 9 heteroatoms. The number of carbonyl (C=O) groups is 3. The van der Waals surface area contributed by atoms with E-state index >= 15 is 0 Å². The molecule has 0 radical (unpaired) electrons. The van der Waals surface area contributed by atoms with Crippen LogP contribution in [-0.4, -0.2) is 47.7 Å². The first-order chi connectivity index (χ1) is 21.9. The monoisotopic (exact) mass is 666 g/mol. The van der Waals surface area contributed by atoms with Gasteiger partial charge in [-0.2, -0.15) is 0 Å². The fraction of sp³-hybridized carbons (Fsp3) is 0.595. The Labute approximate surface area is 281 Å². The number of hydrogen-bond acceptors (Lipinski definition) is 5. The number of aliphatic hydroxyl groups is 1. The normalized spacial score (nSPS) is 37.7. The minimum absolute atomic E-state index is 0.0301. The van der Waals surface area contributed by atoms with Gasteiger partial charge < -0.3 is 20.5 Å². The third kappa shape index (κ3) is 5.97. The van der Waals surface area contributed by atoms with Crippen molar-refractivity contribution < 1.29 is 24.2 Å². The van der Waals surface area contributed by atoms with Crippen LogP contribution in [0.15, 0.2) is 48.5 Å². The molecule has 246 valence electrons. The van der Waals surface area contributed by atoms with Crippen molar-refractivity contribution in [2.75, 3.05) is 13.7 Å². The highest BCUT2D eigenvalue weighted by Gasteiger charge is 2.62. The highest BCUT2D eigenvalue weighted by Crippen LogP contribution is 2.63. The summed E-state index contributed by atoms with van der Waals surface area (Å²) in [4.78, 5) is 37.8. The van der Waals surface area contributed by atoms with Gasteiger partial charge in [-0.05, 0) is 143 Å². The Bertz CT molecular complexity index is 1520. The highest BCUT2D eigenvalue weighted by atomic mass is 35.5. The zero-order valence-corrected chi connectivity index (χ0v) is 28.0. The minimum atomic E-state index is -0.402. The Kier molecular flexibility index (Phi) is 8.21. The van der Waals surface area contributed by atoms with Crippen molar-refractivity contribution in [1.29, 1.82) is 0 Å². The van der Waals surface area contributed by atoms with Gasteiger partial charge >= 0.3 is 5.97 Å². The second-order valence-electron chi connectivity index (χ2n) is 15.8. The van der Waals surface area contributed by atoms with Gasteiger partial charge in [0.15, 0.2) is 0 Å². The van der Waals surface area contributed by atoms with Crippen LogP contribution in [0.5, 0.6) is 0 Å². The molecule has 3 N–H and O–H groups in total. The second kappa shape index (κ2) is 11.8. The molecule has 4 atom stereocenters. The van der Waals surface area contributed by atoms with Gasteiger partial charge in [0.2, 0.25) is 0 Å². The van der Waals surface area contributed by atoms with Gasteiger partial charge in [-0.25, -0.2) is 0 Å². The zero-order chi connectivity index (χ0) is 32.3. The number of halogens is 2. The topological polar surface area (TPSA) is 105 Å². The summed E-state index contributed by atoms with van der Waals surface area (Å²) in [5.74, 6) is 2.10. The van der Waals surface area contributed by atoms with Crippen molar-refractivity contribution in [3.8, 4) is 0 Å². The molecule has 0 saturated heterocycles. The molecule has 8 aliphatic rings. The fourth-order valence-electron chi connectivity index (χ4n) is 11.5. The molecule has 2 amide bonds. The van der Waals surface area contributed by atoms with Crippen LogP contribution in [0.1, 0.15) is 97.8 Å². The first-order valence-corrected chi connectivity index (χ1v) is 17.6. The summed E-state index contributed by atoms with van der Waals surface area (Å²) in [5.41, 5.74) is 0.447. The van der Waals surface area contributed by atoms with Gasteiger partial charge in [-0.15, -0.1) is 0 Å². The van der Waals surface area contributed by atoms with Gasteiger partial charge in [0.05, 0.1) is 12.5 Å². The molecular weight excluding hydrogens is 623 g/mol. The number of benzene rings is 2. The summed E-state index contributed by atoms with van der Waals surface area (Å²) >= 11 is 12.0. The first kappa shape index (κ1) is 32.0. The lowest BCUT2D eigenvalue weighted by Gasteiger charge is -2.61. The van der Waals surface area contributed by atoms with Crippen LogP contribution in [0.4, 0.5) is 0 Å². The molecule has 0 spiro atoms. The molecule has 46 heavy (non-hydrogen) atoms. The van der Waals surface area contributed by atoms with Crippen LogP contribution in [0.2, 0.25) is 10.0 Å². The van der Waals surface area contributed by atoms with E-state index in [1.807, 2.05) is 12.1 Å². The lowest BCUT2D eigenvalue weighted by molar-refractivity contribution is -0.171. The van der Waals surface area contributed by atoms with Crippen molar-refractivity contribution in [2.24, 2.45) is 34.5 Å². The van der Waals surface area contributed by atoms with Gasteiger partial charge in [0, 0.05) is 38.9 Å². The van der Waals surface area contributed by atoms with Crippen molar-refractivity contribution in [2.45, 2.75) is 88.1 Å². The number of hydrogen-bond donors (Lipinski definition) is 3. The van der Waals surface area contributed by atoms with Crippen molar-refractivity contribution in [3.05, 3.63) is 69.7 Å². The summed E-state index contributed by atoms with van der Waals surface area (Å²) in [6.45, 7) is 0.259. The van der Waals surface area contributed by atoms with E-state index in [1.54, 1.807) is 36.4 Å². The molecule has 8 fully saturated rings. The molecular formula is C37H44Cl2N2O5. The van der Waals surface area contributed by atoms with Crippen molar-refractivity contribution >= 4 is 41.0 Å². The Hall–Kier alpha value is -2.61. The van der Waals surface area contributed by atoms with Gasteiger partial charge in [0.1, 0.15) is 0 Å². The second-order valence-corrected chi connectivity index (χ2v) is 16.7. The number of methoxy groups -OCH3 is 1. The maximum absolute atomic E-state index is 12.7. The van der Waals surface area contributed by atoms with E-state index in [1.165, 1.54) is 20.0 Å². The highest BCUT2D eigenvalue weighted by molar-refractivity contribution is 6.31. The predicted molar refractivity (Wildman–Crippen MR) is 177 cm³/mol. The van der Waals surface area contributed by atoms with Crippen LogP contribution >= 0.6 is 23.2 Å². The lowest BCUT2D eigenvalue weighted by atomic mass is 9.47. The first-order valence-electron chi connectivity index (χ1n) is 16.8. The average molecular weight is 668 g/mol. The number of amides is 2. The third-order valence-electron chi connectivity index (χ3n) is 12.1. The van der Waals surface area contributed by atoms with E-state index in [0.29, 0.717) is 51.3 Å². The lowest BCUT2D eigenvalue weighted by Crippen LogP contribution is -2.64. The molecule has 2 aromatic rings. The minimum Gasteiger partial charge on any atom is -0.469 e. The Morgan fingerprint density at radius 2 is 1.20 bits per heavy atom. The number of carbonyl (C=O) groups excluding carboxylic acids is 3. The molecule has 8 aliphatic carbocycles. The maximum Gasteiger partial charge on any atom is 0.311 e. The van der Waals surface area contributed by atoms with E-state index in [0.717, 1.165) is 57.8 Å². The summed E-state index contributed by atoms with van der Waals surface area (Å²) in [6, 6.07) is 14.1. The molecule has 10 rings (SSSR count). The zero-order valence-electron chi connectivity index (χ0n) is 26.5. The van der Waals surface area contributed by atoms with Crippen molar-refractivity contribution in [3.63, 3.8) is 0 Å². The number of nitrogens with one attached hydrogen (secondary N) is 2. The van der Waals surface area contributed by atoms with Crippen LogP contribution in [0.3, 0.4) is 0 Å². The molecule has 8 bridgehead atoms. The SMILES string of the molecule is COC(=O)C12CC3CC(CC(NC(=O)c4cccc(Cl)c4)(C3)C1)C2.O=C(NC12CC3CC(CC(CO)(C3)C1)C2)c1cccc(Cl)c1. The molecule has 2 aromatic carbocycles. The van der Waals surface area contributed by atoms with Crippen molar-refractivity contribution in [1.82, 2.24) is 10.6 Å². The quantitative estimate of drug-likeness (QED) is 0.289. The Balaban J connectivity index is 0.000000147. The Morgan fingerprint density at radius 3 is 1.63 bits per heavy atom. The number of esters is 1. The third-order valence-corrected chi connectivity index (χ3v) is 12.6. The molecule has 0 aliphatic heterocycles. The van der Waals surface area contributed by atoms with E-state index in [9.17, 15) is 19.5 Å². The van der Waals surface area contributed by atoms with Gasteiger partial charge in [0.25, 0.3) is 11.8 Å². The molecule has 7 nitrogen and oxygen atoms in total. The number of rotatable bonds is 6. The van der Waals surface area contributed by atoms with E-state index in [2.05, 4.69) is 10.6 Å². The standard InChI is InChI=1S/C19H22ClNO3.C18H22ClNO2/c1-24-17(23)18-7-12-5-13(8-18)10-19(9-12,11-18)21-16(22)14-3-2-4-15(20)6-14;19-15-3-1-2-14(5-15)16(22)20-18-8-12-4-13(9-18)7-17(6-12,10-18)11-21/h2-4,6,12-13H,5,7-11H2,1H3,(H,21,22);1-3,5,12-13,21H,4,6-11H2,(H,20,22). The summed E-state index contributed by atoms with van der Waals surface area (Å²) in [6.07, 6.45) is 12.2. The fourth-order valence-corrected chi connectivity index (χ4v) is 11.9. The summed E-state index contributed by atoms with van der Waals surface area (Å²) in [7, 11) is 1.47. The smallest absolute Gasteiger partial charge is 0.311 e. The van der Waals surface area contributed by atoms with E-state index in [-0.39, 0.29) is 40.9 Å². The average Bonchev–Trinajstić information content (AvgIpc) is 2.99. The largest absolute Gasteiger partial charge is 0.469 e. The molecule has 0 aromatic heterocycles. The van der Waals surface area contributed by atoms with Crippen LogP contribution in [0.25, 0.3) is 0 Å². The summed E-state index contributed by atoms with van der Waals surface area (Å²) in [5, 5.41) is 17.6. The van der Waals surface area contributed by atoms with Crippen LogP contribution in [-0.2, 0) is 9.53 Å². The summed E-state index contributed by atoms with van der Waals surface area (Å²) < 4.78 is 5.12. The maximum atomic E-state index is 12.7. The number of ether oxygens (including phenoxy) is 1. The predicted octanol–water partition coefficient (Wildman–Crippen LogP) is 6.98. The Morgan fingerprint density at radius 1 is 0.739 bits per heavy atom. The van der Waals surface area contributed by atoms with Gasteiger partial charge in [-0.3, -0.25) is 14.4 Å². The van der Waals surface area contributed by atoms with E-state index < -0.39 is 5.41 Å². The van der Waals surface area contributed by atoms with Crippen LogP contribution in [0, 0.1) is 34.5 Å². The molecule has 4 unspecified atom stereocenters. The number of aliphatic hydroxyl groups excluding tert-OH is 1. The molecule has 0 heterocycles. The molecule has 8 saturated carbocycles.